The van der Waals surface area contributed by atoms with Gasteiger partial charge >= 0.3 is 0 Å². The summed E-state index contributed by atoms with van der Waals surface area (Å²) in [5.74, 6) is 0. The van der Waals surface area contributed by atoms with E-state index >= 15 is 0 Å². The van der Waals surface area contributed by atoms with Gasteiger partial charge in [-0.05, 0) is 78.3 Å². The van der Waals surface area contributed by atoms with E-state index in [0.29, 0.717) is 0 Å². The minimum Gasteiger partial charge on any atom is -0.392 e. The second-order valence-corrected chi connectivity index (χ2v) is 8.17. The van der Waals surface area contributed by atoms with E-state index in [1.165, 1.54) is 22.3 Å². The van der Waals surface area contributed by atoms with Crippen LogP contribution in [0.25, 0.3) is 5.57 Å². The predicted molar refractivity (Wildman–Crippen MR) is 125 cm³/mol. The highest BCUT2D eigenvalue weighted by molar-refractivity contribution is 5.65. The van der Waals surface area contributed by atoms with E-state index in [1.807, 2.05) is 18.2 Å². The monoisotopic (exact) mass is 410 g/mol. The largest absolute Gasteiger partial charge is 0.392 e. The number of rotatable bonds is 12. The zero-order valence-corrected chi connectivity index (χ0v) is 18.8. The number of aliphatic hydroxyl groups is 3. The Balaban J connectivity index is 2.06. The summed E-state index contributed by atoms with van der Waals surface area (Å²) in [6, 6.07) is 14.7. The van der Waals surface area contributed by atoms with Crippen molar-refractivity contribution in [1.82, 2.24) is 0 Å². The highest BCUT2D eigenvalue weighted by Crippen LogP contribution is 2.25. The van der Waals surface area contributed by atoms with Crippen LogP contribution in [0.5, 0.6) is 0 Å². The summed E-state index contributed by atoms with van der Waals surface area (Å²) in [6.45, 7) is 6.20. The fourth-order valence-corrected chi connectivity index (χ4v) is 3.94. The second-order valence-electron chi connectivity index (χ2n) is 8.17. The molecule has 0 aromatic heterocycles. The van der Waals surface area contributed by atoms with Gasteiger partial charge in [0.15, 0.2) is 0 Å². The lowest BCUT2D eigenvalue weighted by molar-refractivity contribution is 0.0246. The van der Waals surface area contributed by atoms with Gasteiger partial charge in [-0.3, -0.25) is 0 Å². The molecule has 0 unspecified atom stereocenters. The van der Waals surface area contributed by atoms with Gasteiger partial charge in [0.2, 0.25) is 0 Å². The maximum Gasteiger partial charge on any atom is 0.0685 e. The molecule has 0 aliphatic carbocycles. The van der Waals surface area contributed by atoms with Crippen LogP contribution in [-0.4, -0.2) is 20.9 Å². The molecule has 0 spiro atoms. The summed E-state index contributed by atoms with van der Waals surface area (Å²) < 4.78 is 0. The first-order valence-electron chi connectivity index (χ1n) is 11.3. The van der Waals surface area contributed by atoms with Gasteiger partial charge in [0, 0.05) is 0 Å². The van der Waals surface area contributed by atoms with E-state index in [0.717, 1.165) is 56.1 Å². The number of hydrogen-bond donors (Lipinski definition) is 3. The first-order valence-corrected chi connectivity index (χ1v) is 11.3. The summed E-state index contributed by atoms with van der Waals surface area (Å²) in [5, 5.41) is 29.4. The van der Waals surface area contributed by atoms with Gasteiger partial charge in [-0.2, -0.15) is 0 Å². The Hall–Kier alpha value is -1.94. The lowest BCUT2D eigenvalue weighted by Crippen LogP contribution is -2.25. The third-order valence-electron chi connectivity index (χ3n) is 6.31. The van der Waals surface area contributed by atoms with Gasteiger partial charge in [0.25, 0.3) is 0 Å². The van der Waals surface area contributed by atoms with Crippen LogP contribution in [0.3, 0.4) is 0 Å². The Bertz CT molecular complexity index is 819. The summed E-state index contributed by atoms with van der Waals surface area (Å²) in [6.07, 6.45) is 8.39. The number of allylic oxidation sites excluding steroid dienone is 2. The van der Waals surface area contributed by atoms with Crippen molar-refractivity contribution < 1.29 is 15.3 Å². The molecule has 0 amide bonds. The molecule has 3 heteroatoms. The first kappa shape index (κ1) is 24.3. The Morgan fingerprint density at radius 2 is 1.53 bits per heavy atom. The molecule has 2 aromatic carbocycles. The molecule has 3 nitrogen and oxygen atoms in total. The molecule has 0 radical (unpaired) electrons. The average Bonchev–Trinajstić information content (AvgIpc) is 2.80. The van der Waals surface area contributed by atoms with Crippen molar-refractivity contribution in [3.05, 3.63) is 76.4 Å². The van der Waals surface area contributed by atoms with E-state index in [4.69, 9.17) is 0 Å². The van der Waals surface area contributed by atoms with E-state index in [1.54, 1.807) is 0 Å². The number of aliphatic hydroxyl groups excluding tert-OH is 2. The van der Waals surface area contributed by atoms with Crippen molar-refractivity contribution >= 4 is 5.57 Å². The van der Waals surface area contributed by atoms with E-state index in [2.05, 4.69) is 51.1 Å². The average molecular weight is 411 g/mol. The number of hydrogen-bond acceptors (Lipinski definition) is 3. The van der Waals surface area contributed by atoms with Crippen LogP contribution in [0.4, 0.5) is 0 Å². The fourth-order valence-electron chi connectivity index (χ4n) is 3.94. The Kier molecular flexibility index (Phi) is 9.77. The van der Waals surface area contributed by atoms with Crippen LogP contribution in [0.1, 0.15) is 80.7 Å². The SMILES string of the molecule is CCC(=CCCC(O)(CC)CC)c1cccc(CCc2ccc(CO)c(CO)c2)c1. The van der Waals surface area contributed by atoms with E-state index < -0.39 is 5.60 Å². The summed E-state index contributed by atoms with van der Waals surface area (Å²) in [7, 11) is 0. The van der Waals surface area contributed by atoms with Crippen LogP contribution < -0.4 is 0 Å². The molecule has 2 aromatic rings. The summed E-state index contributed by atoms with van der Waals surface area (Å²) in [5.41, 5.74) is 6.11. The van der Waals surface area contributed by atoms with Crippen LogP contribution in [0.2, 0.25) is 0 Å². The molecule has 0 saturated heterocycles. The van der Waals surface area contributed by atoms with Crippen molar-refractivity contribution in [3.63, 3.8) is 0 Å². The molecule has 0 bridgehead atoms. The lowest BCUT2D eigenvalue weighted by Gasteiger charge is -2.24. The summed E-state index contributed by atoms with van der Waals surface area (Å²) >= 11 is 0. The van der Waals surface area contributed by atoms with Crippen molar-refractivity contribution in [3.8, 4) is 0 Å². The van der Waals surface area contributed by atoms with Gasteiger partial charge in [0.05, 0.1) is 18.8 Å². The Labute approximate surface area is 182 Å². The molecular formula is C27H38O3. The second kappa shape index (κ2) is 12.0. The highest BCUT2D eigenvalue weighted by atomic mass is 16.3. The van der Waals surface area contributed by atoms with Crippen LogP contribution in [-0.2, 0) is 26.1 Å². The third-order valence-corrected chi connectivity index (χ3v) is 6.31. The molecule has 0 fully saturated rings. The predicted octanol–water partition coefficient (Wildman–Crippen LogP) is 5.58. The van der Waals surface area contributed by atoms with Crippen molar-refractivity contribution in [2.24, 2.45) is 0 Å². The Morgan fingerprint density at radius 1 is 0.867 bits per heavy atom. The van der Waals surface area contributed by atoms with Gasteiger partial charge in [0.1, 0.15) is 0 Å². The Morgan fingerprint density at radius 3 is 2.13 bits per heavy atom. The maximum absolute atomic E-state index is 10.5. The summed E-state index contributed by atoms with van der Waals surface area (Å²) in [4.78, 5) is 0. The molecule has 30 heavy (non-hydrogen) atoms. The van der Waals surface area contributed by atoms with Crippen molar-refractivity contribution in [2.75, 3.05) is 0 Å². The fraction of sp³-hybridized carbons (Fsp3) is 0.481. The standard InChI is InChI=1S/C27H38O3/c1-4-23(11-8-16-27(30,5-2)6-3)24-10-7-9-21(17-24)12-13-22-14-15-25(19-28)26(18-22)20-29/h7,9-11,14-15,17-18,28-30H,4-6,8,12-13,16,19-20H2,1-3H3. The topological polar surface area (TPSA) is 60.7 Å². The third kappa shape index (κ3) is 6.80. The highest BCUT2D eigenvalue weighted by Gasteiger charge is 2.20. The molecule has 0 atom stereocenters. The normalized spacial score (nSPS) is 12.4. The van der Waals surface area contributed by atoms with Crippen molar-refractivity contribution in [1.29, 1.82) is 0 Å². The molecule has 3 N–H and O–H groups in total. The van der Waals surface area contributed by atoms with Crippen LogP contribution >= 0.6 is 0 Å². The smallest absolute Gasteiger partial charge is 0.0685 e. The zero-order chi connectivity index (χ0) is 22.0. The van der Waals surface area contributed by atoms with Gasteiger partial charge < -0.3 is 15.3 Å². The molecule has 0 heterocycles. The van der Waals surface area contributed by atoms with Crippen molar-refractivity contribution in [2.45, 2.75) is 84.5 Å². The van der Waals surface area contributed by atoms with Gasteiger partial charge in [-0.15, -0.1) is 0 Å². The van der Waals surface area contributed by atoms with Crippen LogP contribution in [0, 0.1) is 0 Å². The van der Waals surface area contributed by atoms with Crippen LogP contribution in [0.15, 0.2) is 48.5 Å². The minimum absolute atomic E-state index is 0.0434. The molecule has 2 rings (SSSR count). The van der Waals surface area contributed by atoms with Gasteiger partial charge in [-0.25, -0.2) is 0 Å². The number of benzene rings is 2. The first-order chi connectivity index (χ1) is 14.5. The molecule has 0 aliphatic heterocycles. The number of aryl methyl sites for hydroxylation is 2. The van der Waals surface area contributed by atoms with E-state index in [9.17, 15) is 15.3 Å². The lowest BCUT2D eigenvalue weighted by atomic mass is 9.90. The zero-order valence-electron chi connectivity index (χ0n) is 18.8. The maximum atomic E-state index is 10.5. The van der Waals surface area contributed by atoms with Gasteiger partial charge in [-0.1, -0.05) is 69.3 Å². The molecule has 0 saturated carbocycles. The van der Waals surface area contributed by atoms with E-state index in [-0.39, 0.29) is 13.2 Å². The molecule has 164 valence electrons. The minimum atomic E-state index is -0.545. The molecular weight excluding hydrogens is 372 g/mol. The quantitative estimate of drug-likeness (QED) is 0.428. The molecule has 0 aliphatic rings.